The number of phenols is 1. The van der Waals surface area contributed by atoms with Gasteiger partial charge in [0.25, 0.3) is 5.91 Å². The van der Waals surface area contributed by atoms with Crippen molar-refractivity contribution in [2.75, 3.05) is 12.3 Å². The van der Waals surface area contributed by atoms with Crippen LogP contribution >= 0.6 is 0 Å². The van der Waals surface area contributed by atoms with Gasteiger partial charge in [0.2, 0.25) is 11.7 Å². The van der Waals surface area contributed by atoms with Crippen LogP contribution in [0.4, 0.5) is 5.95 Å². The first-order valence-corrected chi connectivity index (χ1v) is 9.08. The number of anilines is 1. The fourth-order valence-electron chi connectivity index (χ4n) is 3.46. The minimum Gasteiger partial charge on any atom is -0.508 e. The maximum Gasteiger partial charge on any atom is 0.253 e. The molecule has 2 aromatic carbocycles. The molecule has 29 heavy (non-hydrogen) atoms. The molecule has 2 heterocycles. The van der Waals surface area contributed by atoms with E-state index in [0.717, 1.165) is 18.5 Å². The predicted octanol–water partition coefficient (Wildman–Crippen LogP) is 1.41. The summed E-state index contributed by atoms with van der Waals surface area (Å²) in [5.74, 6) is -1.48. The molecule has 1 aromatic heterocycles. The number of aromatic hydroxyl groups is 1. The Bertz CT molecular complexity index is 1130. The molecule has 4 rings (SSSR count). The van der Waals surface area contributed by atoms with E-state index in [1.54, 1.807) is 0 Å². The third-order valence-electron chi connectivity index (χ3n) is 4.88. The van der Waals surface area contributed by atoms with Gasteiger partial charge in [0.05, 0.1) is 11.3 Å². The Morgan fingerprint density at radius 3 is 2.52 bits per heavy atom. The van der Waals surface area contributed by atoms with Gasteiger partial charge in [0, 0.05) is 17.7 Å². The van der Waals surface area contributed by atoms with Gasteiger partial charge >= 0.3 is 0 Å². The van der Waals surface area contributed by atoms with Crippen LogP contribution in [0.2, 0.25) is 0 Å². The molecule has 146 valence electrons. The molecular weight excluding hydrogens is 370 g/mol. The van der Waals surface area contributed by atoms with E-state index in [9.17, 15) is 14.7 Å². The minimum atomic E-state index is -0.821. The van der Waals surface area contributed by atoms with Crippen molar-refractivity contribution in [3.05, 3.63) is 70.4 Å². The van der Waals surface area contributed by atoms with Gasteiger partial charge in [0.15, 0.2) is 0 Å². The monoisotopic (exact) mass is 389 g/mol. The molecule has 0 fully saturated rings. The third kappa shape index (κ3) is 3.53. The largest absolute Gasteiger partial charge is 0.508 e. The first-order chi connectivity index (χ1) is 13.9. The molecular formula is C21H19N5O3. The molecule has 0 radical (unpaired) electrons. The van der Waals surface area contributed by atoms with E-state index in [1.165, 1.54) is 29.8 Å². The molecule has 0 unspecified atom stereocenters. The number of hydrogen-bond acceptors (Lipinski definition) is 7. The number of nitrogens with one attached hydrogen (secondary N) is 1. The molecule has 0 bridgehead atoms. The molecule has 0 atom stereocenters. The van der Waals surface area contributed by atoms with Crippen LogP contribution in [-0.2, 0) is 13.0 Å². The summed E-state index contributed by atoms with van der Waals surface area (Å²) in [6.07, 6.45) is 0.911. The Balaban J connectivity index is 1.88. The smallest absolute Gasteiger partial charge is 0.253 e. The molecule has 1 aliphatic heterocycles. The van der Waals surface area contributed by atoms with Crippen LogP contribution < -0.4 is 16.8 Å². The number of fused-ring (bicyclic) bond motifs is 1. The van der Waals surface area contributed by atoms with Crippen molar-refractivity contribution in [2.24, 2.45) is 5.73 Å². The van der Waals surface area contributed by atoms with Crippen molar-refractivity contribution in [3.63, 3.8) is 0 Å². The molecule has 0 spiro atoms. The quantitative estimate of drug-likeness (QED) is 0.494. The number of amides is 1. The number of rotatable bonds is 4. The fraction of sp³-hybridized carbons (Fsp3) is 0.143. The summed E-state index contributed by atoms with van der Waals surface area (Å²) in [5.41, 5.74) is 14.6. The van der Waals surface area contributed by atoms with Gasteiger partial charge in [-0.2, -0.15) is 0 Å². The van der Waals surface area contributed by atoms with E-state index in [2.05, 4.69) is 15.3 Å². The summed E-state index contributed by atoms with van der Waals surface area (Å²) < 4.78 is 0. The third-order valence-corrected chi connectivity index (χ3v) is 4.88. The molecule has 6 N–H and O–H groups in total. The van der Waals surface area contributed by atoms with Crippen molar-refractivity contribution in [3.8, 4) is 17.0 Å². The molecule has 0 saturated heterocycles. The summed E-state index contributed by atoms with van der Waals surface area (Å²) in [6, 6.07) is 11.4. The number of hydrogen-bond donors (Lipinski definition) is 4. The van der Waals surface area contributed by atoms with Crippen molar-refractivity contribution < 1.29 is 14.7 Å². The van der Waals surface area contributed by atoms with Crippen LogP contribution in [0.5, 0.6) is 5.75 Å². The van der Waals surface area contributed by atoms with Crippen molar-refractivity contribution in [2.45, 2.75) is 13.0 Å². The standard InChI is InChI=1S/C21H19N5O3/c22-20(29)16-17(13-2-1-11-7-8-24-10-14(11)9-13)25-21(23)26-18(16)19(28)12-3-5-15(27)6-4-12/h1-6,9,24,27H,7-8,10H2,(H2,22,29)(H2,23,25,26). The fourth-order valence-corrected chi connectivity index (χ4v) is 3.46. The van der Waals surface area contributed by atoms with E-state index in [0.29, 0.717) is 12.1 Å². The SMILES string of the molecule is NC(=O)c1c(C(=O)c2ccc(O)cc2)nc(N)nc1-c1ccc2c(c1)CNCC2. The van der Waals surface area contributed by atoms with Crippen LogP contribution in [0.25, 0.3) is 11.3 Å². The van der Waals surface area contributed by atoms with Crippen LogP contribution in [0.15, 0.2) is 42.5 Å². The molecule has 1 amide bonds. The number of ketones is 1. The Labute approximate surface area is 166 Å². The average molecular weight is 389 g/mol. The van der Waals surface area contributed by atoms with Crippen LogP contribution in [0.1, 0.15) is 37.5 Å². The van der Waals surface area contributed by atoms with Gasteiger partial charge < -0.3 is 21.9 Å². The zero-order valence-corrected chi connectivity index (χ0v) is 15.5. The molecule has 3 aromatic rings. The summed E-state index contributed by atoms with van der Waals surface area (Å²) in [4.78, 5) is 33.5. The molecule has 8 heteroatoms. The Kier molecular flexibility index (Phi) is 4.69. The number of primary amides is 1. The van der Waals surface area contributed by atoms with E-state index in [-0.39, 0.29) is 34.2 Å². The van der Waals surface area contributed by atoms with Gasteiger partial charge in [-0.3, -0.25) is 9.59 Å². The van der Waals surface area contributed by atoms with Gasteiger partial charge in [-0.15, -0.1) is 0 Å². The van der Waals surface area contributed by atoms with E-state index < -0.39 is 11.7 Å². The maximum atomic E-state index is 13.0. The lowest BCUT2D eigenvalue weighted by atomic mass is 9.94. The molecule has 1 aliphatic rings. The van der Waals surface area contributed by atoms with E-state index in [4.69, 9.17) is 11.5 Å². The number of carbonyl (C=O) groups is 2. The van der Waals surface area contributed by atoms with Gasteiger partial charge in [-0.1, -0.05) is 12.1 Å². The normalized spacial score (nSPS) is 13.0. The van der Waals surface area contributed by atoms with Gasteiger partial charge in [-0.05, 0) is 54.4 Å². The number of benzene rings is 2. The Hall–Kier alpha value is -3.78. The lowest BCUT2D eigenvalue weighted by Crippen LogP contribution is -2.24. The number of carbonyl (C=O) groups excluding carboxylic acids is 2. The molecule has 0 aliphatic carbocycles. The molecule has 8 nitrogen and oxygen atoms in total. The highest BCUT2D eigenvalue weighted by molar-refractivity contribution is 6.16. The van der Waals surface area contributed by atoms with Gasteiger partial charge in [-0.25, -0.2) is 9.97 Å². The zero-order chi connectivity index (χ0) is 20.5. The van der Waals surface area contributed by atoms with Crippen molar-refractivity contribution in [1.29, 1.82) is 0 Å². The Morgan fingerprint density at radius 2 is 1.79 bits per heavy atom. The number of nitrogens with zero attached hydrogens (tertiary/aromatic N) is 2. The predicted molar refractivity (Wildman–Crippen MR) is 107 cm³/mol. The highest BCUT2D eigenvalue weighted by atomic mass is 16.3. The van der Waals surface area contributed by atoms with Crippen LogP contribution in [0, 0.1) is 0 Å². The summed E-state index contributed by atoms with van der Waals surface area (Å²) in [5, 5.41) is 12.7. The maximum absolute atomic E-state index is 13.0. The highest BCUT2D eigenvalue weighted by Crippen LogP contribution is 2.29. The summed E-state index contributed by atoms with van der Waals surface area (Å²) in [6.45, 7) is 1.61. The van der Waals surface area contributed by atoms with E-state index >= 15 is 0 Å². The van der Waals surface area contributed by atoms with E-state index in [1.807, 2.05) is 18.2 Å². The lowest BCUT2D eigenvalue weighted by molar-refractivity contribution is 0.0978. The first-order valence-electron chi connectivity index (χ1n) is 9.08. The second-order valence-corrected chi connectivity index (χ2v) is 6.80. The van der Waals surface area contributed by atoms with Gasteiger partial charge in [0.1, 0.15) is 11.4 Å². The number of nitrogen functional groups attached to an aromatic ring is 1. The number of nitrogens with two attached hydrogens (primary N) is 2. The summed E-state index contributed by atoms with van der Waals surface area (Å²) >= 11 is 0. The van der Waals surface area contributed by atoms with Crippen LogP contribution in [0.3, 0.4) is 0 Å². The molecule has 0 saturated carbocycles. The van der Waals surface area contributed by atoms with Crippen molar-refractivity contribution in [1.82, 2.24) is 15.3 Å². The first kappa shape index (κ1) is 18.6. The summed E-state index contributed by atoms with van der Waals surface area (Å²) in [7, 11) is 0. The van der Waals surface area contributed by atoms with Crippen molar-refractivity contribution >= 4 is 17.6 Å². The number of phenolic OH excluding ortho intramolecular Hbond substituents is 1. The Morgan fingerprint density at radius 1 is 1.03 bits per heavy atom. The number of aromatic nitrogens is 2. The minimum absolute atomic E-state index is 0.0160. The lowest BCUT2D eigenvalue weighted by Gasteiger charge is -2.18. The topological polar surface area (TPSA) is 144 Å². The highest BCUT2D eigenvalue weighted by Gasteiger charge is 2.25. The second kappa shape index (κ2) is 7.33. The average Bonchev–Trinajstić information content (AvgIpc) is 2.72. The zero-order valence-electron chi connectivity index (χ0n) is 15.5. The second-order valence-electron chi connectivity index (χ2n) is 6.80. The van der Waals surface area contributed by atoms with Crippen LogP contribution in [-0.4, -0.2) is 33.3 Å².